The summed E-state index contributed by atoms with van der Waals surface area (Å²) in [7, 11) is 0. The number of nitrogens with zero attached hydrogens (tertiary/aromatic N) is 1. The predicted molar refractivity (Wildman–Crippen MR) is 78.4 cm³/mol. The normalized spacial score (nSPS) is 10.4. The van der Waals surface area contributed by atoms with E-state index in [1.165, 1.54) is 0 Å². The summed E-state index contributed by atoms with van der Waals surface area (Å²) in [5, 5.41) is 13.2. The highest BCUT2D eigenvalue weighted by Gasteiger charge is 2.04. The lowest BCUT2D eigenvalue weighted by Gasteiger charge is -2.09. The Morgan fingerprint density at radius 3 is 2.55 bits per heavy atom. The van der Waals surface area contributed by atoms with Gasteiger partial charge in [0.25, 0.3) is 0 Å². The van der Waals surface area contributed by atoms with E-state index in [9.17, 15) is 4.79 Å². The molecule has 20 heavy (non-hydrogen) atoms. The molecule has 4 heteroatoms. The number of carbonyl (C=O) groups is 1. The molecule has 0 saturated carbocycles. The van der Waals surface area contributed by atoms with Crippen LogP contribution in [0.15, 0.2) is 60.8 Å². The number of anilines is 2. The Balaban J connectivity index is 1.95. The molecular weight excluding hydrogens is 252 g/mol. The second-order valence-electron chi connectivity index (χ2n) is 4.38. The zero-order valence-electron chi connectivity index (χ0n) is 10.6. The fraction of sp³-hybridized carbons (Fsp3) is 0. The van der Waals surface area contributed by atoms with E-state index in [-0.39, 0.29) is 5.56 Å². The molecule has 0 atom stereocenters. The lowest BCUT2D eigenvalue weighted by molar-refractivity contribution is 0.0697. The molecular formula is C16H12N2O2. The molecule has 98 valence electrons. The van der Waals surface area contributed by atoms with Crippen LogP contribution in [0.3, 0.4) is 0 Å². The number of carboxylic acid groups (broad SMARTS) is 1. The van der Waals surface area contributed by atoms with Crippen LogP contribution in [0.1, 0.15) is 10.4 Å². The van der Waals surface area contributed by atoms with Gasteiger partial charge in [-0.15, -0.1) is 0 Å². The molecule has 3 aromatic rings. The molecule has 0 bridgehead atoms. The van der Waals surface area contributed by atoms with Gasteiger partial charge in [-0.1, -0.05) is 6.07 Å². The summed E-state index contributed by atoms with van der Waals surface area (Å²) in [6.07, 6.45) is 1.76. The average Bonchev–Trinajstić information content (AvgIpc) is 2.48. The van der Waals surface area contributed by atoms with E-state index in [1.807, 2.05) is 30.3 Å². The van der Waals surface area contributed by atoms with Gasteiger partial charge in [0.2, 0.25) is 0 Å². The topological polar surface area (TPSA) is 62.2 Å². The molecule has 0 aliphatic heterocycles. The largest absolute Gasteiger partial charge is 0.478 e. The van der Waals surface area contributed by atoms with E-state index in [0.29, 0.717) is 0 Å². The van der Waals surface area contributed by atoms with Gasteiger partial charge < -0.3 is 10.4 Å². The van der Waals surface area contributed by atoms with Crippen molar-refractivity contribution in [3.63, 3.8) is 0 Å². The number of pyridine rings is 1. The van der Waals surface area contributed by atoms with Gasteiger partial charge in [0.15, 0.2) is 0 Å². The molecule has 0 amide bonds. The van der Waals surface area contributed by atoms with E-state index in [4.69, 9.17) is 5.11 Å². The molecule has 0 unspecified atom stereocenters. The lowest BCUT2D eigenvalue weighted by Crippen LogP contribution is -1.97. The fourth-order valence-corrected chi connectivity index (χ4v) is 2.06. The number of aromatic carboxylic acids is 1. The van der Waals surface area contributed by atoms with Crippen LogP contribution in [-0.4, -0.2) is 16.1 Å². The van der Waals surface area contributed by atoms with Crippen LogP contribution in [0.2, 0.25) is 0 Å². The monoisotopic (exact) mass is 264 g/mol. The number of fused-ring (bicyclic) bond motifs is 1. The lowest BCUT2D eigenvalue weighted by atomic mass is 10.1. The van der Waals surface area contributed by atoms with Gasteiger partial charge in [-0.05, 0) is 48.5 Å². The van der Waals surface area contributed by atoms with Gasteiger partial charge in [-0.25, -0.2) is 4.79 Å². The average molecular weight is 264 g/mol. The molecule has 0 radical (unpaired) electrons. The second-order valence-corrected chi connectivity index (χ2v) is 4.38. The van der Waals surface area contributed by atoms with Gasteiger partial charge in [-0.2, -0.15) is 0 Å². The minimum absolute atomic E-state index is 0.273. The third-order valence-corrected chi connectivity index (χ3v) is 3.06. The standard InChI is InChI=1S/C16H12N2O2/c19-16(20)11-6-8-12(9-7-11)18-15-5-1-4-14-13(15)3-2-10-17-14/h1-10,18H,(H,19,20). The van der Waals surface area contributed by atoms with Crippen LogP contribution in [0.25, 0.3) is 10.9 Å². The van der Waals surface area contributed by atoms with Crippen molar-refractivity contribution in [2.45, 2.75) is 0 Å². The van der Waals surface area contributed by atoms with Crippen molar-refractivity contribution in [3.8, 4) is 0 Å². The number of aromatic nitrogens is 1. The van der Waals surface area contributed by atoms with E-state index in [1.54, 1.807) is 30.5 Å². The molecule has 3 rings (SSSR count). The van der Waals surface area contributed by atoms with E-state index in [0.717, 1.165) is 22.3 Å². The molecule has 2 aromatic carbocycles. The molecule has 0 fully saturated rings. The summed E-state index contributed by atoms with van der Waals surface area (Å²) < 4.78 is 0. The Kier molecular flexibility index (Phi) is 3.05. The number of carboxylic acids is 1. The quantitative estimate of drug-likeness (QED) is 0.757. The second kappa shape index (κ2) is 5.01. The summed E-state index contributed by atoms with van der Waals surface area (Å²) in [6.45, 7) is 0. The SMILES string of the molecule is O=C(O)c1ccc(Nc2cccc3ncccc23)cc1. The molecule has 0 aliphatic carbocycles. The predicted octanol–water partition coefficient (Wildman–Crippen LogP) is 3.68. The number of nitrogens with one attached hydrogen (secondary N) is 1. The molecule has 0 saturated heterocycles. The van der Waals surface area contributed by atoms with Crippen molar-refractivity contribution in [3.05, 3.63) is 66.4 Å². The van der Waals surface area contributed by atoms with Gasteiger partial charge in [-0.3, -0.25) is 4.98 Å². The van der Waals surface area contributed by atoms with Crippen molar-refractivity contribution in [2.24, 2.45) is 0 Å². The summed E-state index contributed by atoms with van der Waals surface area (Å²) in [5.74, 6) is -0.925. The minimum Gasteiger partial charge on any atom is -0.478 e. The summed E-state index contributed by atoms with van der Waals surface area (Å²) in [4.78, 5) is 15.1. The summed E-state index contributed by atoms with van der Waals surface area (Å²) >= 11 is 0. The molecule has 1 aromatic heterocycles. The highest BCUT2D eigenvalue weighted by atomic mass is 16.4. The Labute approximate surface area is 115 Å². The van der Waals surface area contributed by atoms with Crippen molar-refractivity contribution in [2.75, 3.05) is 5.32 Å². The van der Waals surface area contributed by atoms with Crippen LogP contribution in [0, 0.1) is 0 Å². The van der Waals surface area contributed by atoms with Crippen molar-refractivity contribution >= 4 is 28.2 Å². The zero-order valence-corrected chi connectivity index (χ0v) is 10.6. The van der Waals surface area contributed by atoms with Crippen LogP contribution >= 0.6 is 0 Å². The van der Waals surface area contributed by atoms with Gasteiger partial charge in [0.1, 0.15) is 0 Å². The molecule has 2 N–H and O–H groups in total. The van der Waals surface area contributed by atoms with Gasteiger partial charge in [0, 0.05) is 23.0 Å². The van der Waals surface area contributed by atoms with Gasteiger partial charge >= 0.3 is 5.97 Å². The first-order valence-corrected chi connectivity index (χ1v) is 6.18. The van der Waals surface area contributed by atoms with Gasteiger partial charge in [0.05, 0.1) is 11.1 Å². The summed E-state index contributed by atoms with van der Waals surface area (Å²) in [5.41, 5.74) is 2.97. The first-order valence-electron chi connectivity index (χ1n) is 6.18. The number of rotatable bonds is 3. The Bertz CT molecular complexity index is 762. The van der Waals surface area contributed by atoms with Crippen molar-refractivity contribution in [1.82, 2.24) is 4.98 Å². The van der Waals surface area contributed by atoms with Crippen LogP contribution in [-0.2, 0) is 0 Å². The van der Waals surface area contributed by atoms with Crippen LogP contribution in [0.4, 0.5) is 11.4 Å². The molecule has 4 nitrogen and oxygen atoms in total. The maximum Gasteiger partial charge on any atom is 0.335 e. The van der Waals surface area contributed by atoms with Crippen molar-refractivity contribution < 1.29 is 9.90 Å². The molecule has 0 spiro atoms. The summed E-state index contributed by atoms with van der Waals surface area (Å²) in [6, 6.07) is 16.4. The number of hydrogen-bond donors (Lipinski definition) is 2. The minimum atomic E-state index is -0.925. The number of benzene rings is 2. The first kappa shape index (κ1) is 12.2. The fourth-order valence-electron chi connectivity index (χ4n) is 2.06. The maximum absolute atomic E-state index is 10.8. The van der Waals surface area contributed by atoms with E-state index < -0.39 is 5.97 Å². The molecule has 1 heterocycles. The Hall–Kier alpha value is -2.88. The third-order valence-electron chi connectivity index (χ3n) is 3.06. The highest BCUT2D eigenvalue weighted by Crippen LogP contribution is 2.25. The van der Waals surface area contributed by atoms with Crippen LogP contribution in [0.5, 0.6) is 0 Å². The van der Waals surface area contributed by atoms with E-state index >= 15 is 0 Å². The zero-order chi connectivity index (χ0) is 13.9. The highest BCUT2D eigenvalue weighted by molar-refractivity contribution is 5.93. The Morgan fingerprint density at radius 1 is 1.00 bits per heavy atom. The maximum atomic E-state index is 10.8. The van der Waals surface area contributed by atoms with E-state index in [2.05, 4.69) is 10.3 Å². The third kappa shape index (κ3) is 2.31. The Morgan fingerprint density at radius 2 is 1.80 bits per heavy atom. The van der Waals surface area contributed by atoms with Crippen LogP contribution < -0.4 is 5.32 Å². The molecule has 0 aliphatic rings. The van der Waals surface area contributed by atoms with Crippen molar-refractivity contribution in [1.29, 1.82) is 0 Å². The smallest absolute Gasteiger partial charge is 0.335 e. The first-order chi connectivity index (χ1) is 9.74. The number of hydrogen-bond acceptors (Lipinski definition) is 3.